The van der Waals surface area contributed by atoms with Crippen molar-refractivity contribution in [2.45, 2.75) is 12.8 Å². The van der Waals surface area contributed by atoms with Gasteiger partial charge in [0.2, 0.25) is 5.91 Å². The van der Waals surface area contributed by atoms with E-state index in [9.17, 15) is 4.79 Å². The summed E-state index contributed by atoms with van der Waals surface area (Å²) in [5.74, 6) is -0.0193. The summed E-state index contributed by atoms with van der Waals surface area (Å²) in [6.07, 6.45) is 1.11. The van der Waals surface area contributed by atoms with Crippen molar-refractivity contribution in [3.63, 3.8) is 0 Å². The van der Waals surface area contributed by atoms with Crippen LogP contribution in [0.5, 0.6) is 0 Å². The van der Waals surface area contributed by atoms with E-state index in [1.807, 2.05) is 12.1 Å². The van der Waals surface area contributed by atoms with Gasteiger partial charge in [-0.3, -0.25) is 4.79 Å². The van der Waals surface area contributed by atoms with E-state index >= 15 is 0 Å². The van der Waals surface area contributed by atoms with Crippen molar-refractivity contribution in [3.05, 3.63) is 67.4 Å². The minimum atomic E-state index is -0.0193. The molecule has 1 aromatic heterocycles. The number of rotatable bonds is 5. The molecule has 0 fully saturated rings. The number of hydrogen-bond donors (Lipinski definition) is 1. The zero-order chi connectivity index (χ0) is 17.1. The lowest BCUT2D eigenvalue weighted by atomic mass is 10.1. The Labute approximate surface area is 162 Å². The zero-order valence-corrected chi connectivity index (χ0v) is 16.5. The molecular formula is C18H14BrCl2NOS. The largest absolute Gasteiger partial charge is 0.355 e. The number of hydrogen-bond acceptors (Lipinski definition) is 2. The quantitative estimate of drug-likeness (QED) is 0.525. The maximum atomic E-state index is 12.1. The third kappa shape index (κ3) is 4.31. The number of amides is 1. The van der Waals surface area contributed by atoms with Crippen LogP contribution in [0, 0.1) is 0 Å². The van der Waals surface area contributed by atoms with Crippen molar-refractivity contribution >= 4 is 66.5 Å². The average Bonchev–Trinajstić information content (AvgIpc) is 2.93. The van der Waals surface area contributed by atoms with Gasteiger partial charge in [0.1, 0.15) is 0 Å². The molecule has 0 bridgehead atoms. The molecule has 1 amide bonds. The SMILES string of the molecule is O=C(Cc1ccc(Cl)c(Cl)c1)NCCc1csc2ccc(Br)cc12. The van der Waals surface area contributed by atoms with Crippen LogP contribution >= 0.6 is 50.5 Å². The van der Waals surface area contributed by atoms with E-state index in [4.69, 9.17) is 23.2 Å². The molecule has 0 unspecified atom stereocenters. The lowest BCUT2D eigenvalue weighted by Gasteiger charge is -2.06. The van der Waals surface area contributed by atoms with E-state index in [1.165, 1.54) is 15.6 Å². The summed E-state index contributed by atoms with van der Waals surface area (Å²) in [6.45, 7) is 0.610. The molecule has 0 saturated carbocycles. The van der Waals surface area contributed by atoms with Gasteiger partial charge >= 0.3 is 0 Å². The molecule has 124 valence electrons. The summed E-state index contributed by atoms with van der Waals surface area (Å²) in [5.41, 5.74) is 2.11. The van der Waals surface area contributed by atoms with Gasteiger partial charge in [-0.1, -0.05) is 45.2 Å². The number of benzene rings is 2. The van der Waals surface area contributed by atoms with Crippen molar-refractivity contribution in [1.29, 1.82) is 0 Å². The second-order valence-electron chi connectivity index (χ2n) is 5.43. The molecule has 3 rings (SSSR count). The fourth-order valence-electron chi connectivity index (χ4n) is 2.48. The minimum absolute atomic E-state index is 0.0193. The lowest BCUT2D eigenvalue weighted by Crippen LogP contribution is -2.27. The Morgan fingerprint density at radius 1 is 1.12 bits per heavy atom. The first-order valence-corrected chi connectivity index (χ1v) is 9.82. The molecule has 6 heteroatoms. The normalized spacial score (nSPS) is 11.0. The molecule has 2 nitrogen and oxygen atoms in total. The fraction of sp³-hybridized carbons (Fsp3) is 0.167. The van der Waals surface area contributed by atoms with Gasteiger partial charge in [0.05, 0.1) is 16.5 Å². The Morgan fingerprint density at radius 3 is 2.75 bits per heavy atom. The Bertz CT molecular complexity index is 894. The van der Waals surface area contributed by atoms with Crippen molar-refractivity contribution in [1.82, 2.24) is 5.32 Å². The second-order valence-corrected chi connectivity index (χ2v) is 8.07. The Morgan fingerprint density at radius 2 is 1.96 bits per heavy atom. The van der Waals surface area contributed by atoms with Crippen LogP contribution in [0.3, 0.4) is 0 Å². The highest BCUT2D eigenvalue weighted by molar-refractivity contribution is 9.10. The first-order chi connectivity index (χ1) is 11.5. The lowest BCUT2D eigenvalue weighted by molar-refractivity contribution is -0.120. The number of thiophene rings is 1. The number of halogens is 3. The van der Waals surface area contributed by atoms with Crippen molar-refractivity contribution in [3.8, 4) is 0 Å². The number of carbonyl (C=O) groups excluding carboxylic acids is 1. The van der Waals surface area contributed by atoms with E-state index in [0.717, 1.165) is 16.5 Å². The van der Waals surface area contributed by atoms with Gasteiger partial charge in [-0.2, -0.15) is 0 Å². The highest BCUT2D eigenvalue weighted by Gasteiger charge is 2.08. The van der Waals surface area contributed by atoms with Gasteiger partial charge in [0, 0.05) is 15.7 Å². The zero-order valence-electron chi connectivity index (χ0n) is 12.6. The minimum Gasteiger partial charge on any atom is -0.355 e. The van der Waals surface area contributed by atoms with Gasteiger partial charge in [0.25, 0.3) is 0 Å². The van der Waals surface area contributed by atoms with Gasteiger partial charge in [-0.25, -0.2) is 0 Å². The molecule has 2 aromatic carbocycles. The molecule has 0 saturated heterocycles. The van der Waals surface area contributed by atoms with E-state index in [-0.39, 0.29) is 5.91 Å². The van der Waals surface area contributed by atoms with Crippen LogP contribution in [0.4, 0.5) is 0 Å². The average molecular weight is 443 g/mol. The molecule has 0 aliphatic rings. The maximum absolute atomic E-state index is 12.1. The fourth-order valence-corrected chi connectivity index (χ4v) is 4.14. The van der Waals surface area contributed by atoms with Gasteiger partial charge in [0.15, 0.2) is 0 Å². The van der Waals surface area contributed by atoms with Crippen molar-refractivity contribution in [2.24, 2.45) is 0 Å². The highest BCUT2D eigenvalue weighted by Crippen LogP contribution is 2.29. The van der Waals surface area contributed by atoms with Crippen molar-refractivity contribution in [2.75, 3.05) is 6.54 Å². The summed E-state index contributed by atoms with van der Waals surface area (Å²) in [6, 6.07) is 11.5. The van der Waals surface area contributed by atoms with Gasteiger partial charge in [-0.05, 0) is 58.6 Å². The molecule has 0 spiro atoms. The summed E-state index contributed by atoms with van der Waals surface area (Å²) < 4.78 is 2.33. The Kier molecular flexibility index (Phi) is 5.82. The third-order valence-corrected chi connectivity index (χ3v) is 5.93. The van der Waals surface area contributed by atoms with Crippen LogP contribution in [-0.4, -0.2) is 12.5 Å². The topological polar surface area (TPSA) is 29.1 Å². The van der Waals surface area contributed by atoms with Crippen LogP contribution in [-0.2, 0) is 17.6 Å². The van der Waals surface area contributed by atoms with Crippen LogP contribution in [0.1, 0.15) is 11.1 Å². The summed E-state index contributed by atoms with van der Waals surface area (Å²) in [7, 11) is 0. The van der Waals surface area contributed by atoms with Crippen LogP contribution in [0.25, 0.3) is 10.1 Å². The molecule has 0 aliphatic heterocycles. The summed E-state index contributed by atoms with van der Waals surface area (Å²) >= 11 is 17.1. The first kappa shape index (κ1) is 17.7. The molecule has 0 atom stereocenters. The van der Waals surface area contributed by atoms with E-state index in [0.29, 0.717) is 23.0 Å². The number of carbonyl (C=O) groups is 1. The highest BCUT2D eigenvalue weighted by atomic mass is 79.9. The summed E-state index contributed by atoms with van der Waals surface area (Å²) in [4.78, 5) is 12.1. The van der Waals surface area contributed by atoms with E-state index in [1.54, 1.807) is 23.5 Å². The first-order valence-electron chi connectivity index (χ1n) is 7.39. The van der Waals surface area contributed by atoms with E-state index in [2.05, 4.69) is 38.8 Å². The Balaban J connectivity index is 1.56. The summed E-state index contributed by atoms with van der Waals surface area (Å²) in [5, 5.41) is 7.33. The molecule has 1 N–H and O–H groups in total. The van der Waals surface area contributed by atoms with Crippen LogP contribution in [0.15, 0.2) is 46.3 Å². The molecule has 1 heterocycles. The standard InChI is InChI=1S/C18H14BrCl2NOS/c19-13-2-4-17-14(9-13)12(10-24-17)5-6-22-18(23)8-11-1-3-15(20)16(21)7-11/h1-4,7,9-10H,5-6,8H2,(H,22,23). The smallest absolute Gasteiger partial charge is 0.224 e. The van der Waals surface area contributed by atoms with Crippen LogP contribution < -0.4 is 5.32 Å². The van der Waals surface area contributed by atoms with Gasteiger partial charge in [-0.15, -0.1) is 11.3 Å². The molecule has 3 aromatic rings. The molecule has 0 aliphatic carbocycles. The second kappa shape index (κ2) is 7.87. The van der Waals surface area contributed by atoms with E-state index < -0.39 is 0 Å². The molecule has 24 heavy (non-hydrogen) atoms. The number of fused-ring (bicyclic) bond motifs is 1. The molecule has 0 radical (unpaired) electrons. The van der Waals surface area contributed by atoms with Crippen molar-refractivity contribution < 1.29 is 4.79 Å². The Hall–Kier alpha value is -1.07. The monoisotopic (exact) mass is 441 g/mol. The number of nitrogens with one attached hydrogen (secondary N) is 1. The van der Waals surface area contributed by atoms with Crippen LogP contribution in [0.2, 0.25) is 10.0 Å². The predicted octanol–water partition coefficient (Wildman–Crippen LogP) is 5.87. The predicted molar refractivity (Wildman–Crippen MR) is 106 cm³/mol. The molecular weight excluding hydrogens is 429 g/mol. The maximum Gasteiger partial charge on any atom is 0.224 e. The van der Waals surface area contributed by atoms with Gasteiger partial charge < -0.3 is 5.32 Å². The third-order valence-electron chi connectivity index (χ3n) is 3.68.